The molecular weight excluding hydrogens is 284 g/mol. The standard InChI is InChI=1S/C13H15ClN2O4/c1-8(17)5-15-12(18)6-16-7-13(19)20-11-3-2-9(14)4-10(11)16/h2-4,8,17H,5-7H2,1H3,(H,15,18). The number of rotatable bonds is 4. The van der Waals surface area contributed by atoms with E-state index in [0.29, 0.717) is 16.5 Å². The fourth-order valence-electron chi connectivity index (χ4n) is 1.85. The van der Waals surface area contributed by atoms with E-state index in [4.69, 9.17) is 21.4 Å². The maximum Gasteiger partial charge on any atom is 0.331 e. The second-order valence-corrected chi connectivity index (χ2v) is 5.03. The zero-order chi connectivity index (χ0) is 14.7. The number of hydrogen-bond donors (Lipinski definition) is 2. The molecule has 0 saturated heterocycles. The summed E-state index contributed by atoms with van der Waals surface area (Å²) in [4.78, 5) is 24.9. The van der Waals surface area contributed by atoms with Gasteiger partial charge >= 0.3 is 5.97 Å². The van der Waals surface area contributed by atoms with E-state index in [1.165, 1.54) is 0 Å². The number of carbonyl (C=O) groups excluding carboxylic acids is 2. The third-order valence-electron chi connectivity index (χ3n) is 2.73. The fraction of sp³-hybridized carbons (Fsp3) is 0.385. The molecule has 108 valence electrons. The molecule has 0 radical (unpaired) electrons. The van der Waals surface area contributed by atoms with E-state index < -0.39 is 12.1 Å². The van der Waals surface area contributed by atoms with Crippen LogP contribution < -0.4 is 15.0 Å². The molecule has 0 aliphatic carbocycles. The van der Waals surface area contributed by atoms with Crippen LogP contribution in [0.2, 0.25) is 5.02 Å². The Hall–Kier alpha value is -1.79. The first-order valence-electron chi connectivity index (χ1n) is 6.15. The zero-order valence-electron chi connectivity index (χ0n) is 10.9. The van der Waals surface area contributed by atoms with Crippen LogP contribution in [0, 0.1) is 0 Å². The largest absolute Gasteiger partial charge is 0.423 e. The second kappa shape index (κ2) is 6.11. The molecular formula is C13H15ClN2O4. The van der Waals surface area contributed by atoms with Gasteiger partial charge in [-0.1, -0.05) is 11.6 Å². The lowest BCUT2D eigenvalue weighted by Crippen LogP contribution is -2.44. The van der Waals surface area contributed by atoms with E-state index in [-0.39, 0.29) is 25.5 Å². The third-order valence-corrected chi connectivity index (χ3v) is 2.97. The molecule has 20 heavy (non-hydrogen) atoms. The van der Waals surface area contributed by atoms with Gasteiger partial charge in [-0.05, 0) is 25.1 Å². The first kappa shape index (κ1) is 14.6. The first-order valence-corrected chi connectivity index (χ1v) is 6.53. The van der Waals surface area contributed by atoms with E-state index in [9.17, 15) is 9.59 Å². The number of carbonyl (C=O) groups is 2. The number of hydrogen-bond acceptors (Lipinski definition) is 5. The van der Waals surface area contributed by atoms with Gasteiger partial charge in [0.15, 0.2) is 5.75 Å². The molecule has 2 rings (SSSR count). The van der Waals surface area contributed by atoms with Crippen molar-refractivity contribution in [3.8, 4) is 5.75 Å². The van der Waals surface area contributed by atoms with Crippen molar-refractivity contribution >= 4 is 29.2 Å². The Kier molecular flexibility index (Phi) is 4.46. The summed E-state index contributed by atoms with van der Waals surface area (Å²) in [5.74, 6) is -0.330. The number of ether oxygens (including phenoxy) is 1. The molecule has 0 aromatic heterocycles. The summed E-state index contributed by atoms with van der Waals surface area (Å²) in [6.07, 6.45) is -0.619. The van der Waals surface area contributed by atoms with Gasteiger partial charge in [0.1, 0.15) is 6.54 Å². The second-order valence-electron chi connectivity index (χ2n) is 4.60. The number of benzene rings is 1. The highest BCUT2D eigenvalue weighted by Gasteiger charge is 2.25. The Morgan fingerprint density at radius 1 is 1.60 bits per heavy atom. The van der Waals surface area contributed by atoms with Crippen LogP contribution in [0.3, 0.4) is 0 Å². The van der Waals surface area contributed by atoms with Crippen molar-refractivity contribution in [1.82, 2.24) is 5.32 Å². The number of fused-ring (bicyclic) bond motifs is 1. The number of anilines is 1. The van der Waals surface area contributed by atoms with Gasteiger partial charge < -0.3 is 20.1 Å². The Morgan fingerprint density at radius 2 is 2.35 bits per heavy atom. The van der Waals surface area contributed by atoms with E-state index in [1.807, 2.05) is 0 Å². The van der Waals surface area contributed by atoms with Crippen LogP contribution in [0.4, 0.5) is 5.69 Å². The Bertz CT molecular complexity index is 533. The highest BCUT2D eigenvalue weighted by Crippen LogP contribution is 2.34. The van der Waals surface area contributed by atoms with Crippen LogP contribution in [-0.2, 0) is 9.59 Å². The normalized spacial score (nSPS) is 15.3. The molecule has 1 aromatic carbocycles. The van der Waals surface area contributed by atoms with E-state index >= 15 is 0 Å². The van der Waals surface area contributed by atoms with E-state index in [0.717, 1.165) is 0 Å². The number of esters is 1. The maximum atomic E-state index is 11.8. The van der Waals surface area contributed by atoms with Crippen LogP contribution in [0.5, 0.6) is 5.75 Å². The molecule has 1 atom stereocenters. The van der Waals surface area contributed by atoms with Crippen molar-refractivity contribution in [2.24, 2.45) is 0 Å². The lowest BCUT2D eigenvalue weighted by atomic mass is 10.2. The predicted molar refractivity (Wildman–Crippen MR) is 74.0 cm³/mol. The molecule has 2 N–H and O–H groups in total. The van der Waals surface area contributed by atoms with Gasteiger partial charge in [-0.15, -0.1) is 0 Å². The van der Waals surface area contributed by atoms with Crippen LogP contribution >= 0.6 is 11.6 Å². The smallest absolute Gasteiger partial charge is 0.331 e. The van der Waals surface area contributed by atoms with Crippen molar-refractivity contribution in [2.75, 3.05) is 24.5 Å². The lowest BCUT2D eigenvalue weighted by Gasteiger charge is -2.29. The number of nitrogens with one attached hydrogen (secondary N) is 1. The summed E-state index contributed by atoms with van der Waals surface area (Å²) in [7, 11) is 0. The molecule has 0 fully saturated rings. The molecule has 0 spiro atoms. The average Bonchev–Trinajstić information content (AvgIpc) is 2.37. The van der Waals surface area contributed by atoms with Gasteiger partial charge in [0.05, 0.1) is 18.3 Å². The van der Waals surface area contributed by atoms with Gasteiger partial charge in [0.25, 0.3) is 0 Å². The molecule has 1 heterocycles. The van der Waals surface area contributed by atoms with Gasteiger partial charge in [-0.25, -0.2) is 4.79 Å². The van der Waals surface area contributed by atoms with Gasteiger partial charge in [-0.2, -0.15) is 0 Å². The zero-order valence-corrected chi connectivity index (χ0v) is 11.7. The van der Waals surface area contributed by atoms with Crippen LogP contribution in [-0.4, -0.2) is 42.7 Å². The average molecular weight is 299 g/mol. The summed E-state index contributed by atoms with van der Waals surface area (Å²) in [5.41, 5.74) is 0.601. The molecule has 1 aromatic rings. The minimum absolute atomic E-state index is 0.00480. The van der Waals surface area contributed by atoms with Crippen LogP contribution in [0.1, 0.15) is 6.92 Å². The molecule has 1 unspecified atom stereocenters. The summed E-state index contributed by atoms with van der Waals surface area (Å²) in [6, 6.07) is 4.85. The Labute approximate surface area is 121 Å². The van der Waals surface area contributed by atoms with Gasteiger partial charge in [0, 0.05) is 11.6 Å². The van der Waals surface area contributed by atoms with E-state index in [1.54, 1.807) is 30.0 Å². The van der Waals surface area contributed by atoms with Crippen molar-refractivity contribution in [2.45, 2.75) is 13.0 Å². The van der Waals surface area contributed by atoms with Crippen LogP contribution in [0.15, 0.2) is 18.2 Å². The maximum absolute atomic E-state index is 11.8. The number of aliphatic hydroxyl groups excluding tert-OH is 1. The monoisotopic (exact) mass is 298 g/mol. The SMILES string of the molecule is CC(O)CNC(=O)CN1CC(=O)Oc2ccc(Cl)cc21. The molecule has 0 saturated carbocycles. The molecule has 0 bridgehead atoms. The summed E-state index contributed by atoms with van der Waals surface area (Å²) in [5, 5.41) is 12.2. The summed E-state index contributed by atoms with van der Waals surface area (Å²) >= 11 is 5.92. The Balaban J connectivity index is 2.10. The fourth-order valence-corrected chi connectivity index (χ4v) is 2.02. The minimum Gasteiger partial charge on any atom is -0.423 e. The number of amides is 1. The summed E-state index contributed by atoms with van der Waals surface area (Å²) in [6.45, 7) is 1.72. The predicted octanol–water partition coefficient (Wildman–Crippen LogP) is 0.562. The highest BCUT2D eigenvalue weighted by molar-refractivity contribution is 6.31. The first-order chi connectivity index (χ1) is 9.45. The highest BCUT2D eigenvalue weighted by atomic mass is 35.5. The Morgan fingerprint density at radius 3 is 3.05 bits per heavy atom. The minimum atomic E-state index is -0.619. The molecule has 6 nitrogen and oxygen atoms in total. The van der Waals surface area contributed by atoms with Gasteiger partial charge in [0.2, 0.25) is 5.91 Å². The number of aliphatic hydroxyl groups is 1. The molecule has 7 heteroatoms. The molecule has 1 aliphatic heterocycles. The third kappa shape index (κ3) is 3.61. The lowest BCUT2D eigenvalue weighted by molar-refractivity contribution is -0.133. The molecule has 1 aliphatic rings. The van der Waals surface area contributed by atoms with E-state index in [2.05, 4.69) is 5.32 Å². The van der Waals surface area contributed by atoms with Crippen molar-refractivity contribution in [1.29, 1.82) is 0 Å². The van der Waals surface area contributed by atoms with Crippen LogP contribution in [0.25, 0.3) is 0 Å². The van der Waals surface area contributed by atoms with Crippen molar-refractivity contribution in [3.05, 3.63) is 23.2 Å². The number of nitrogens with zero attached hydrogens (tertiary/aromatic N) is 1. The van der Waals surface area contributed by atoms with Gasteiger partial charge in [-0.3, -0.25) is 4.79 Å². The summed E-state index contributed by atoms with van der Waals surface area (Å²) < 4.78 is 5.09. The van der Waals surface area contributed by atoms with Crippen molar-refractivity contribution in [3.63, 3.8) is 0 Å². The quantitative estimate of drug-likeness (QED) is 0.627. The number of halogens is 1. The van der Waals surface area contributed by atoms with Crippen molar-refractivity contribution < 1.29 is 19.4 Å². The topological polar surface area (TPSA) is 78.9 Å². The molecule has 1 amide bonds.